The van der Waals surface area contributed by atoms with Crippen molar-refractivity contribution in [1.29, 1.82) is 0 Å². The molecule has 4 rings (SSSR count). The normalized spacial score (nSPS) is 23.7. The van der Waals surface area contributed by atoms with Crippen molar-refractivity contribution in [3.8, 4) is 0 Å². The number of imide groups is 1. The van der Waals surface area contributed by atoms with E-state index < -0.39 is 5.54 Å². The molecule has 3 aliphatic rings. The van der Waals surface area contributed by atoms with Crippen LogP contribution in [0.2, 0.25) is 0 Å². The third kappa shape index (κ3) is 2.29. The van der Waals surface area contributed by atoms with Crippen molar-refractivity contribution in [2.45, 2.75) is 62.9 Å². The van der Waals surface area contributed by atoms with E-state index >= 15 is 0 Å². The summed E-state index contributed by atoms with van der Waals surface area (Å²) in [6.45, 7) is 0. The van der Waals surface area contributed by atoms with Gasteiger partial charge in [-0.25, -0.2) is 4.79 Å². The zero-order valence-corrected chi connectivity index (χ0v) is 14.3. The maximum Gasteiger partial charge on any atom is 0.331 e. The van der Waals surface area contributed by atoms with Gasteiger partial charge < -0.3 is 5.32 Å². The molecule has 5 heteroatoms. The van der Waals surface area contributed by atoms with E-state index in [4.69, 9.17) is 0 Å². The van der Waals surface area contributed by atoms with Crippen LogP contribution in [0, 0.1) is 0 Å². The SMILES string of the molecule is CN1C(=O)N(c2ccc(NC3CCC3)cc2)C2(CCCCC2)C1=O. The molecule has 1 aromatic carbocycles. The number of benzene rings is 1. The van der Waals surface area contributed by atoms with Gasteiger partial charge in [-0.3, -0.25) is 14.6 Å². The topological polar surface area (TPSA) is 52.7 Å². The van der Waals surface area contributed by atoms with Gasteiger partial charge in [0.25, 0.3) is 5.91 Å². The first kappa shape index (κ1) is 15.5. The van der Waals surface area contributed by atoms with E-state index in [0.29, 0.717) is 6.04 Å². The summed E-state index contributed by atoms with van der Waals surface area (Å²) in [5, 5.41) is 3.52. The molecule has 2 saturated carbocycles. The first-order valence-corrected chi connectivity index (χ1v) is 9.11. The Kier molecular flexibility index (Phi) is 3.74. The number of anilines is 2. The molecule has 128 valence electrons. The van der Waals surface area contributed by atoms with Crippen LogP contribution < -0.4 is 10.2 Å². The van der Waals surface area contributed by atoms with Gasteiger partial charge in [0.15, 0.2) is 0 Å². The minimum Gasteiger partial charge on any atom is -0.382 e. The molecule has 1 aliphatic heterocycles. The van der Waals surface area contributed by atoms with Crippen LogP contribution in [0.3, 0.4) is 0 Å². The average Bonchev–Trinajstić information content (AvgIpc) is 2.74. The van der Waals surface area contributed by atoms with Crippen molar-refractivity contribution in [2.75, 3.05) is 17.3 Å². The van der Waals surface area contributed by atoms with Gasteiger partial charge in [-0.15, -0.1) is 0 Å². The van der Waals surface area contributed by atoms with E-state index in [2.05, 4.69) is 5.32 Å². The molecular weight excluding hydrogens is 302 g/mol. The van der Waals surface area contributed by atoms with Gasteiger partial charge in [0.1, 0.15) is 5.54 Å². The number of likely N-dealkylation sites (N-methyl/N-ethyl adjacent to an activating group) is 1. The van der Waals surface area contributed by atoms with Crippen molar-refractivity contribution < 1.29 is 9.59 Å². The van der Waals surface area contributed by atoms with E-state index in [9.17, 15) is 9.59 Å². The Hall–Kier alpha value is -2.04. The predicted molar refractivity (Wildman–Crippen MR) is 94.2 cm³/mol. The molecule has 1 N–H and O–H groups in total. The van der Waals surface area contributed by atoms with Crippen LogP contribution >= 0.6 is 0 Å². The molecule has 3 amide bonds. The first-order valence-electron chi connectivity index (χ1n) is 9.11. The first-order chi connectivity index (χ1) is 11.6. The quantitative estimate of drug-likeness (QED) is 0.860. The summed E-state index contributed by atoms with van der Waals surface area (Å²) >= 11 is 0. The largest absolute Gasteiger partial charge is 0.382 e. The van der Waals surface area contributed by atoms with Crippen LogP contribution in [-0.2, 0) is 4.79 Å². The highest BCUT2D eigenvalue weighted by Crippen LogP contribution is 2.42. The van der Waals surface area contributed by atoms with Gasteiger partial charge in [-0.1, -0.05) is 19.3 Å². The Morgan fingerprint density at radius 1 is 1.00 bits per heavy atom. The van der Waals surface area contributed by atoms with Crippen molar-refractivity contribution in [1.82, 2.24) is 4.90 Å². The standard InChI is InChI=1S/C19H25N3O2/c1-21-17(23)19(12-3-2-4-13-19)22(18(21)24)16-10-8-15(9-11-16)20-14-6-5-7-14/h8-11,14,20H,2-7,12-13H2,1H3. The Morgan fingerprint density at radius 2 is 1.67 bits per heavy atom. The number of hydrogen-bond acceptors (Lipinski definition) is 3. The third-order valence-electron chi connectivity index (χ3n) is 5.89. The maximum atomic E-state index is 12.8. The molecule has 1 heterocycles. The number of amides is 3. The average molecular weight is 327 g/mol. The predicted octanol–water partition coefficient (Wildman–Crippen LogP) is 3.75. The van der Waals surface area contributed by atoms with E-state index in [1.165, 1.54) is 24.2 Å². The maximum absolute atomic E-state index is 12.8. The number of nitrogens with one attached hydrogen (secondary N) is 1. The lowest BCUT2D eigenvalue weighted by Crippen LogP contribution is -2.51. The second-order valence-electron chi connectivity index (χ2n) is 7.39. The van der Waals surface area contributed by atoms with Crippen LogP contribution in [0.25, 0.3) is 0 Å². The molecule has 1 saturated heterocycles. The fraction of sp³-hybridized carbons (Fsp3) is 0.579. The number of carbonyl (C=O) groups excluding carboxylic acids is 2. The smallest absolute Gasteiger partial charge is 0.331 e. The van der Waals surface area contributed by atoms with Crippen LogP contribution in [0.4, 0.5) is 16.2 Å². The summed E-state index contributed by atoms with van der Waals surface area (Å²) in [6.07, 6.45) is 8.45. The van der Waals surface area contributed by atoms with E-state index in [0.717, 1.165) is 43.5 Å². The molecule has 24 heavy (non-hydrogen) atoms. The number of rotatable bonds is 3. The number of carbonyl (C=O) groups is 2. The van der Waals surface area contributed by atoms with Crippen LogP contribution in [-0.4, -0.2) is 35.5 Å². The molecule has 0 bridgehead atoms. The van der Waals surface area contributed by atoms with E-state index in [-0.39, 0.29) is 11.9 Å². The molecule has 0 aromatic heterocycles. The molecule has 1 spiro atoms. The summed E-state index contributed by atoms with van der Waals surface area (Å²) in [7, 11) is 1.60. The Labute approximate surface area is 143 Å². The van der Waals surface area contributed by atoms with Gasteiger partial charge in [-0.05, 0) is 56.4 Å². The fourth-order valence-corrected chi connectivity index (χ4v) is 4.25. The Morgan fingerprint density at radius 3 is 2.25 bits per heavy atom. The van der Waals surface area contributed by atoms with Crippen LogP contribution in [0.15, 0.2) is 24.3 Å². The minimum atomic E-state index is -0.660. The monoisotopic (exact) mass is 327 g/mol. The molecule has 0 unspecified atom stereocenters. The van der Waals surface area contributed by atoms with E-state index in [1.54, 1.807) is 11.9 Å². The van der Waals surface area contributed by atoms with Gasteiger partial charge in [0, 0.05) is 24.5 Å². The van der Waals surface area contributed by atoms with Gasteiger partial charge in [-0.2, -0.15) is 0 Å². The van der Waals surface area contributed by atoms with Gasteiger partial charge in [0.05, 0.1) is 0 Å². The molecule has 3 fully saturated rings. The summed E-state index contributed by atoms with van der Waals surface area (Å²) in [4.78, 5) is 28.6. The lowest BCUT2D eigenvalue weighted by Gasteiger charge is -2.38. The number of hydrogen-bond donors (Lipinski definition) is 1. The summed E-state index contributed by atoms with van der Waals surface area (Å²) < 4.78 is 0. The van der Waals surface area contributed by atoms with Crippen molar-refractivity contribution in [2.24, 2.45) is 0 Å². The summed E-state index contributed by atoms with van der Waals surface area (Å²) in [5.74, 6) is -0.0381. The highest BCUT2D eigenvalue weighted by atomic mass is 16.2. The highest BCUT2D eigenvalue weighted by molar-refractivity contribution is 6.16. The van der Waals surface area contributed by atoms with Gasteiger partial charge in [0.2, 0.25) is 0 Å². The third-order valence-corrected chi connectivity index (χ3v) is 5.89. The Bertz CT molecular complexity index is 645. The molecule has 0 radical (unpaired) electrons. The molecule has 1 aromatic rings. The van der Waals surface area contributed by atoms with Crippen LogP contribution in [0.1, 0.15) is 51.4 Å². The second kappa shape index (κ2) is 5.80. The Balaban J connectivity index is 1.62. The molecule has 5 nitrogen and oxygen atoms in total. The molecule has 0 atom stereocenters. The summed E-state index contributed by atoms with van der Waals surface area (Å²) in [5.41, 5.74) is 1.26. The minimum absolute atomic E-state index is 0.0381. The highest BCUT2D eigenvalue weighted by Gasteiger charge is 2.56. The second-order valence-corrected chi connectivity index (χ2v) is 7.39. The molecular formula is C19H25N3O2. The number of urea groups is 1. The summed E-state index contributed by atoms with van der Waals surface area (Å²) in [6, 6.07) is 8.40. The van der Waals surface area contributed by atoms with Crippen LogP contribution in [0.5, 0.6) is 0 Å². The zero-order chi connectivity index (χ0) is 16.7. The van der Waals surface area contributed by atoms with Crippen molar-refractivity contribution >= 4 is 23.3 Å². The zero-order valence-electron chi connectivity index (χ0n) is 14.3. The fourth-order valence-electron chi connectivity index (χ4n) is 4.25. The lowest BCUT2D eigenvalue weighted by molar-refractivity contribution is -0.130. The van der Waals surface area contributed by atoms with Crippen molar-refractivity contribution in [3.05, 3.63) is 24.3 Å². The van der Waals surface area contributed by atoms with E-state index in [1.807, 2.05) is 24.3 Å². The molecule has 2 aliphatic carbocycles. The van der Waals surface area contributed by atoms with Crippen molar-refractivity contribution in [3.63, 3.8) is 0 Å². The number of nitrogens with zero attached hydrogens (tertiary/aromatic N) is 2. The van der Waals surface area contributed by atoms with Gasteiger partial charge >= 0.3 is 6.03 Å². The lowest BCUT2D eigenvalue weighted by atomic mass is 9.80.